The fraction of sp³-hybridized carbons (Fsp3) is 0.0769. The van der Waals surface area contributed by atoms with Crippen LogP contribution in [-0.4, -0.2) is 17.2 Å². The van der Waals surface area contributed by atoms with Gasteiger partial charge in [-0.3, -0.25) is 0 Å². The summed E-state index contributed by atoms with van der Waals surface area (Å²) in [5.41, 5.74) is -1.17. The Balaban J connectivity index is 2.43. The Morgan fingerprint density at radius 3 is 2.25 bits per heavy atom. The zero-order valence-electron chi connectivity index (χ0n) is 9.92. The van der Waals surface area contributed by atoms with Gasteiger partial charge >= 0.3 is 7.12 Å². The molecule has 0 spiro atoms. The average molecular weight is 282 g/mol. The van der Waals surface area contributed by atoms with Crippen molar-refractivity contribution in [2.45, 2.75) is 6.42 Å². The van der Waals surface area contributed by atoms with Gasteiger partial charge in [0.25, 0.3) is 0 Å². The highest BCUT2D eigenvalue weighted by Crippen LogP contribution is 2.40. The lowest BCUT2D eigenvalue weighted by Crippen LogP contribution is -2.37. The van der Waals surface area contributed by atoms with Gasteiger partial charge in [-0.25, -0.2) is 17.6 Å². The first kappa shape index (κ1) is 13.1. The van der Waals surface area contributed by atoms with Crippen LogP contribution in [0.3, 0.4) is 0 Å². The van der Waals surface area contributed by atoms with Crippen LogP contribution < -0.4 is 5.46 Å². The van der Waals surface area contributed by atoms with E-state index in [1.54, 1.807) is 0 Å². The van der Waals surface area contributed by atoms with Crippen LogP contribution in [0.2, 0.25) is 0 Å². The molecule has 0 radical (unpaired) electrons. The number of halogens is 4. The average Bonchev–Trinajstić information content (AvgIpc) is 2.76. The molecule has 102 valence electrons. The van der Waals surface area contributed by atoms with Crippen LogP contribution >= 0.6 is 0 Å². The second kappa shape index (κ2) is 4.32. The van der Waals surface area contributed by atoms with Crippen LogP contribution in [-0.2, 0) is 6.42 Å². The molecule has 1 aliphatic rings. The molecule has 2 aromatic rings. The molecule has 0 atom stereocenters. The highest BCUT2D eigenvalue weighted by atomic mass is 19.2. The zero-order chi connectivity index (χ0) is 14.6. The molecule has 0 aliphatic heterocycles. The topological polar surface area (TPSA) is 40.5 Å². The molecule has 2 N–H and O–H groups in total. The lowest BCUT2D eigenvalue weighted by molar-refractivity contribution is 0.414. The van der Waals surface area contributed by atoms with Crippen molar-refractivity contribution in [3.8, 4) is 11.1 Å². The molecule has 0 heterocycles. The van der Waals surface area contributed by atoms with Crippen molar-refractivity contribution in [3.63, 3.8) is 0 Å². The molecule has 20 heavy (non-hydrogen) atoms. The summed E-state index contributed by atoms with van der Waals surface area (Å²) in [5.74, 6) is -5.80. The number of rotatable bonds is 1. The third kappa shape index (κ3) is 1.60. The SMILES string of the molecule is OB(O)c1c(F)c(F)c(F)c2c1Cc1cccc(F)c1-2. The Morgan fingerprint density at radius 1 is 0.900 bits per heavy atom. The molecule has 3 rings (SSSR count). The van der Waals surface area contributed by atoms with Crippen molar-refractivity contribution in [1.82, 2.24) is 0 Å². The fourth-order valence-corrected chi connectivity index (χ4v) is 2.62. The quantitative estimate of drug-likeness (QED) is 0.403. The summed E-state index contributed by atoms with van der Waals surface area (Å²) in [5, 5.41) is 18.3. The number of fused-ring (bicyclic) bond motifs is 3. The molecular weight excluding hydrogens is 275 g/mol. The monoisotopic (exact) mass is 282 g/mol. The van der Waals surface area contributed by atoms with Gasteiger partial charge in [-0.05, 0) is 23.6 Å². The maximum absolute atomic E-state index is 13.9. The van der Waals surface area contributed by atoms with E-state index in [0.717, 1.165) is 6.07 Å². The number of hydrogen-bond donors (Lipinski definition) is 2. The van der Waals surface area contributed by atoms with E-state index < -0.39 is 41.4 Å². The molecule has 0 unspecified atom stereocenters. The minimum absolute atomic E-state index is 0.0938. The van der Waals surface area contributed by atoms with E-state index in [1.165, 1.54) is 12.1 Å². The largest absolute Gasteiger partial charge is 0.491 e. The first-order chi connectivity index (χ1) is 9.43. The van der Waals surface area contributed by atoms with Crippen LogP contribution in [0.25, 0.3) is 11.1 Å². The van der Waals surface area contributed by atoms with Gasteiger partial charge in [0.15, 0.2) is 17.5 Å². The summed E-state index contributed by atoms with van der Waals surface area (Å²) < 4.78 is 54.9. The van der Waals surface area contributed by atoms with E-state index in [0.29, 0.717) is 5.56 Å². The van der Waals surface area contributed by atoms with Gasteiger partial charge in [0, 0.05) is 16.6 Å². The molecule has 0 aromatic heterocycles. The Morgan fingerprint density at radius 2 is 1.60 bits per heavy atom. The minimum Gasteiger partial charge on any atom is -0.423 e. The molecular formula is C13H7BF4O2. The molecule has 0 amide bonds. The summed E-state index contributed by atoms with van der Waals surface area (Å²) in [7, 11) is -2.31. The van der Waals surface area contributed by atoms with Crippen molar-refractivity contribution >= 4 is 12.6 Å². The maximum atomic E-state index is 13.9. The Hall–Kier alpha value is -1.86. The van der Waals surface area contributed by atoms with Crippen molar-refractivity contribution in [2.24, 2.45) is 0 Å². The second-order valence-corrected chi connectivity index (χ2v) is 4.53. The van der Waals surface area contributed by atoms with E-state index in [-0.39, 0.29) is 17.5 Å². The van der Waals surface area contributed by atoms with E-state index in [4.69, 9.17) is 10.0 Å². The van der Waals surface area contributed by atoms with E-state index in [1.807, 2.05) is 0 Å². The van der Waals surface area contributed by atoms with Crippen LogP contribution in [0, 0.1) is 23.3 Å². The lowest BCUT2D eigenvalue weighted by atomic mass is 9.75. The van der Waals surface area contributed by atoms with Gasteiger partial charge in [-0.1, -0.05) is 12.1 Å². The van der Waals surface area contributed by atoms with Crippen molar-refractivity contribution in [3.05, 3.63) is 52.6 Å². The van der Waals surface area contributed by atoms with E-state index in [9.17, 15) is 17.6 Å². The molecule has 7 heteroatoms. The normalized spacial score (nSPS) is 12.3. The fourth-order valence-electron chi connectivity index (χ4n) is 2.62. The van der Waals surface area contributed by atoms with Crippen LogP contribution in [0.4, 0.5) is 17.6 Å². The predicted molar refractivity (Wildman–Crippen MR) is 64.3 cm³/mol. The van der Waals surface area contributed by atoms with Gasteiger partial charge < -0.3 is 10.0 Å². The van der Waals surface area contributed by atoms with Gasteiger partial charge in [-0.2, -0.15) is 0 Å². The maximum Gasteiger partial charge on any atom is 0.491 e. The molecule has 2 nitrogen and oxygen atoms in total. The predicted octanol–water partition coefficient (Wildman–Crippen LogP) is 1.49. The first-order valence-electron chi connectivity index (χ1n) is 5.76. The molecule has 0 fully saturated rings. The van der Waals surface area contributed by atoms with Crippen LogP contribution in [0.5, 0.6) is 0 Å². The minimum atomic E-state index is -2.31. The molecule has 0 saturated heterocycles. The van der Waals surface area contributed by atoms with Gasteiger partial charge in [-0.15, -0.1) is 0 Å². The van der Waals surface area contributed by atoms with Crippen molar-refractivity contribution in [1.29, 1.82) is 0 Å². The molecule has 1 aliphatic carbocycles. The number of hydrogen-bond acceptors (Lipinski definition) is 2. The van der Waals surface area contributed by atoms with E-state index in [2.05, 4.69) is 0 Å². The second-order valence-electron chi connectivity index (χ2n) is 4.53. The number of benzene rings is 2. The van der Waals surface area contributed by atoms with E-state index >= 15 is 0 Å². The summed E-state index contributed by atoms with van der Waals surface area (Å²) in [6.07, 6.45) is -0.0938. The Kier molecular flexibility index (Phi) is 2.84. The summed E-state index contributed by atoms with van der Waals surface area (Å²) in [6, 6.07) is 3.95. The highest BCUT2D eigenvalue weighted by molar-refractivity contribution is 6.59. The third-order valence-corrected chi connectivity index (χ3v) is 3.44. The zero-order valence-corrected chi connectivity index (χ0v) is 9.92. The van der Waals surface area contributed by atoms with Crippen molar-refractivity contribution in [2.75, 3.05) is 0 Å². The van der Waals surface area contributed by atoms with Crippen molar-refractivity contribution < 1.29 is 27.6 Å². The summed E-state index contributed by atoms with van der Waals surface area (Å²) in [6.45, 7) is 0. The van der Waals surface area contributed by atoms with Crippen LogP contribution in [0.15, 0.2) is 18.2 Å². The third-order valence-electron chi connectivity index (χ3n) is 3.44. The highest BCUT2D eigenvalue weighted by Gasteiger charge is 2.36. The Labute approximate surface area is 111 Å². The molecule has 0 bridgehead atoms. The van der Waals surface area contributed by atoms with Crippen LogP contribution in [0.1, 0.15) is 11.1 Å². The van der Waals surface area contributed by atoms with Gasteiger partial charge in [0.05, 0.1) is 0 Å². The van der Waals surface area contributed by atoms with Gasteiger partial charge in [0.1, 0.15) is 5.82 Å². The lowest BCUT2D eigenvalue weighted by Gasteiger charge is -2.11. The Bertz CT molecular complexity index is 731. The van der Waals surface area contributed by atoms with Gasteiger partial charge in [0.2, 0.25) is 0 Å². The smallest absolute Gasteiger partial charge is 0.423 e. The first-order valence-corrected chi connectivity index (χ1v) is 5.76. The standard InChI is InChI=1S/C13H7BF4O2/c15-7-3-1-2-5-4-6-9(8(5)7)11(16)13(18)12(17)10(6)14(19)20/h1-3,19-20H,4H2. The summed E-state index contributed by atoms with van der Waals surface area (Å²) in [4.78, 5) is 0. The molecule has 0 saturated carbocycles. The summed E-state index contributed by atoms with van der Waals surface area (Å²) >= 11 is 0. The molecule has 2 aromatic carbocycles.